The fourth-order valence-electron chi connectivity index (χ4n) is 1.46. The van der Waals surface area contributed by atoms with E-state index in [9.17, 15) is 0 Å². The van der Waals surface area contributed by atoms with Crippen LogP contribution in [0.3, 0.4) is 0 Å². The number of hydrogen-bond donors (Lipinski definition) is 1. The first-order valence-electron chi connectivity index (χ1n) is 5.07. The number of nitrogens with two attached hydrogens (primary N) is 1. The van der Waals surface area contributed by atoms with E-state index in [4.69, 9.17) is 15.2 Å². The van der Waals surface area contributed by atoms with Crippen molar-refractivity contribution in [2.45, 2.75) is 45.4 Å². The highest BCUT2D eigenvalue weighted by molar-refractivity contribution is 4.76. The molecule has 1 heterocycles. The minimum absolute atomic E-state index is 0.156. The van der Waals surface area contributed by atoms with Crippen molar-refractivity contribution < 1.29 is 9.47 Å². The predicted molar refractivity (Wildman–Crippen MR) is 52.4 cm³/mol. The molecule has 1 aliphatic rings. The van der Waals surface area contributed by atoms with Crippen molar-refractivity contribution in [1.82, 2.24) is 0 Å². The van der Waals surface area contributed by atoms with Gasteiger partial charge in [-0.05, 0) is 19.3 Å². The molecule has 0 aromatic rings. The molecule has 2 N–H and O–H groups in total. The fraction of sp³-hybridized carbons (Fsp3) is 1.00. The third kappa shape index (κ3) is 3.25. The van der Waals surface area contributed by atoms with E-state index >= 15 is 0 Å². The summed E-state index contributed by atoms with van der Waals surface area (Å²) in [6.07, 6.45) is 1.77. The molecule has 78 valence electrons. The second-order valence-corrected chi connectivity index (χ2v) is 4.30. The highest BCUT2D eigenvalue weighted by Gasteiger charge is 2.31. The molecule has 0 aromatic heterocycles. The molecule has 3 nitrogen and oxygen atoms in total. The van der Waals surface area contributed by atoms with E-state index in [1.165, 1.54) is 0 Å². The summed E-state index contributed by atoms with van der Waals surface area (Å²) in [7, 11) is 0. The maximum Gasteiger partial charge on any atom is 0.166 e. The van der Waals surface area contributed by atoms with Crippen LogP contribution in [-0.2, 0) is 9.47 Å². The number of hydrogen-bond acceptors (Lipinski definition) is 3. The minimum atomic E-state index is -0.443. The lowest BCUT2D eigenvalue weighted by Crippen LogP contribution is -2.44. The van der Waals surface area contributed by atoms with Crippen LogP contribution >= 0.6 is 0 Å². The first-order valence-corrected chi connectivity index (χ1v) is 5.07. The van der Waals surface area contributed by atoms with Crippen LogP contribution in [0, 0.1) is 5.92 Å². The van der Waals surface area contributed by atoms with Crippen molar-refractivity contribution in [3.8, 4) is 0 Å². The molecule has 1 atom stereocenters. The quantitative estimate of drug-likeness (QED) is 0.728. The van der Waals surface area contributed by atoms with Crippen LogP contribution < -0.4 is 5.73 Å². The molecule has 0 aliphatic carbocycles. The van der Waals surface area contributed by atoms with Gasteiger partial charge in [0.25, 0.3) is 0 Å². The zero-order chi connectivity index (χ0) is 9.90. The van der Waals surface area contributed by atoms with Crippen LogP contribution in [0.15, 0.2) is 0 Å². The van der Waals surface area contributed by atoms with E-state index in [0.29, 0.717) is 5.92 Å². The molecule has 1 unspecified atom stereocenters. The van der Waals surface area contributed by atoms with Gasteiger partial charge < -0.3 is 15.2 Å². The molecule has 0 amide bonds. The lowest BCUT2D eigenvalue weighted by atomic mass is 9.97. The molecule has 1 rings (SSSR count). The van der Waals surface area contributed by atoms with Gasteiger partial charge in [0.15, 0.2) is 5.79 Å². The summed E-state index contributed by atoms with van der Waals surface area (Å²) in [6.45, 7) is 7.81. The fourth-order valence-corrected chi connectivity index (χ4v) is 1.46. The van der Waals surface area contributed by atoms with Crippen LogP contribution in [0.1, 0.15) is 33.6 Å². The van der Waals surface area contributed by atoms with Crippen molar-refractivity contribution in [3.63, 3.8) is 0 Å². The molecule has 3 heteroatoms. The maximum atomic E-state index is 5.97. The van der Waals surface area contributed by atoms with E-state index in [-0.39, 0.29) is 6.04 Å². The Balaban J connectivity index is 2.40. The van der Waals surface area contributed by atoms with E-state index in [1.54, 1.807) is 0 Å². The zero-order valence-corrected chi connectivity index (χ0v) is 8.88. The van der Waals surface area contributed by atoms with Gasteiger partial charge in [0.2, 0.25) is 0 Å². The molecule has 0 aromatic carbocycles. The topological polar surface area (TPSA) is 44.5 Å². The second-order valence-electron chi connectivity index (χ2n) is 4.30. The number of rotatable bonds is 3. The number of ether oxygens (including phenoxy) is 2. The summed E-state index contributed by atoms with van der Waals surface area (Å²) < 4.78 is 11.2. The highest BCUT2D eigenvalue weighted by atomic mass is 16.7. The van der Waals surface area contributed by atoms with E-state index in [1.807, 2.05) is 6.92 Å². The third-order valence-electron chi connectivity index (χ3n) is 2.57. The van der Waals surface area contributed by atoms with Gasteiger partial charge in [0.05, 0.1) is 13.2 Å². The van der Waals surface area contributed by atoms with Gasteiger partial charge in [-0.1, -0.05) is 13.8 Å². The zero-order valence-electron chi connectivity index (χ0n) is 8.88. The maximum absolute atomic E-state index is 5.97. The average molecular weight is 187 g/mol. The molecule has 1 aliphatic heterocycles. The first kappa shape index (κ1) is 11.0. The van der Waals surface area contributed by atoms with E-state index < -0.39 is 5.79 Å². The first-order chi connectivity index (χ1) is 6.03. The highest BCUT2D eigenvalue weighted by Crippen LogP contribution is 2.24. The average Bonchev–Trinajstić information content (AvgIpc) is 2.04. The summed E-state index contributed by atoms with van der Waals surface area (Å²) in [5.41, 5.74) is 5.97. The SMILES string of the molecule is CC(C)C(N)CC1(C)OCCCO1. The second kappa shape index (κ2) is 4.40. The predicted octanol–water partition coefficient (Wildman–Crippen LogP) is 1.51. The summed E-state index contributed by atoms with van der Waals surface area (Å²) in [6, 6.07) is 0.156. The van der Waals surface area contributed by atoms with E-state index in [2.05, 4.69) is 13.8 Å². The van der Waals surface area contributed by atoms with Crippen molar-refractivity contribution >= 4 is 0 Å². The Morgan fingerprint density at radius 1 is 1.31 bits per heavy atom. The van der Waals surface area contributed by atoms with Crippen molar-refractivity contribution in [1.29, 1.82) is 0 Å². The van der Waals surface area contributed by atoms with Crippen molar-refractivity contribution in [2.75, 3.05) is 13.2 Å². The summed E-state index contributed by atoms with van der Waals surface area (Å²) in [5.74, 6) is 0.0352. The Labute approximate surface area is 80.6 Å². The van der Waals surface area contributed by atoms with Crippen molar-refractivity contribution in [2.24, 2.45) is 11.7 Å². The van der Waals surface area contributed by atoms with Gasteiger partial charge in [-0.2, -0.15) is 0 Å². The van der Waals surface area contributed by atoms with Gasteiger partial charge in [0, 0.05) is 12.5 Å². The third-order valence-corrected chi connectivity index (χ3v) is 2.57. The normalized spacial score (nSPS) is 24.7. The van der Waals surface area contributed by atoms with Crippen LogP contribution in [0.4, 0.5) is 0 Å². The molecule has 0 saturated carbocycles. The summed E-state index contributed by atoms with van der Waals surface area (Å²) in [5, 5.41) is 0. The van der Waals surface area contributed by atoms with Gasteiger partial charge in [-0.25, -0.2) is 0 Å². The lowest BCUT2D eigenvalue weighted by molar-refractivity contribution is -0.261. The Morgan fingerprint density at radius 2 is 1.85 bits per heavy atom. The van der Waals surface area contributed by atoms with Gasteiger partial charge in [0.1, 0.15) is 0 Å². The Kier molecular flexibility index (Phi) is 3.71. The van der Waals surface area contributed by atoms with E-state index in [0.717, 1.165) is 26.1 Å². The Hall–Kier alpha value is -0.120. The van der Waals surface area contributed by atoms with Gasteiger partial charge >= 0.3 is 0 Å². The standard InChI is InChI=1S/C10H21NO2/c1-8(2)9(11)7-10(3)12-5-4-6-13-10/h8-9H,4-7,11H2,1-3H3. The molecule has 1 saturated heterocycles. The van der Waals surface area contributed by atoms with Crippen LogP contribution in [0.25, 0.3) is 0 Å². The lowest BCUT2D eigenvalue weighted by Gasteiger charge is -2.36. The Bertz CT molecular complexity index is 153. The monoisotopic (exact) mass is 187 g/mol. The molecule has 0 radical (unpaired) electrons. The smallest absolute Gasteiger partial charge is 0.166 e. The van der Waals surface area contributed by atoms with Gasteiger partial charge in [-0.15, -0.1) is 0 Å². The summed E-state index contributed by atoms with van der Waals surface area (Å²) >= 11 is 0. The molecule has 0 spiro atoms. The summed E-state index contributed by atoms with van der Waals surface area (Å²) in [4.78, 5) is 0. The van der Waals surface area contributed by atoms with Crippen LogP contribution in [0.5, 0.6) is 0 Å². The molecular weight excluding hydrogens is 166 g/mol. The minimum Gasteiger partial charge on any atom is -0.350 e. The Morgan fingerprint density at radius 3 is 2.31 bits per heavy atom. The van der Waals surface area contributed by atoms with Crippen LogP contribution in [0.2, 0.25) is 0 Å². The molecule has 13 heavy (non-hydrogen) atoms. The van der Waals surface area contributed by atoms with Gasteiger partial charge in [-0.3, -0.25) is 0 Å². The van der Waals surface area contributed by atoms with Crippen LogP contribution in [-0.4, -0.2) is 25.0 Å². The van der Waals surface area contributed by atoms with Crippen molar-refractivity contribution in [3.05, 3.63) is 0 Å². The molecule has 0 bridgehead atoms. The molecular formula is C10H21NO2. The molecule has 1 fully saturated rings. The largest absolute Gasteiger partial charge is 0.350 e.